The van der Waals surface area contributed by atoms with Crippen molar-refractivity contribution in [3.8, 4) is 0 Å². The van der Waals surface area contributed by atoms with Crippen LogP contribution in [0.1, 0.15) is 32.6 Å². The van der Waals surface area contributed by atoms with Gasteiger partial charge in [-0.3, -0.25) is 4.79 Å². The van der Waals surface area contributed by atoms with Gasteiger partial charge >= 0.3 is 0 Å². The topological polar surface area (TPSA) is 80.2 Å². The molecule has 1 amide bonds. The largest absolute Gasteiger partial charge is 0.393 e. The van der Waals surface area contributed by atoms with Crippen LogP contribution >= 0.6 is 35.6 Å². The highest BCUT2D eigenvalue weighted by Crippen LogP contribution is 2.20. The molecular weight excluding hydrogens is 517 g/mol. The average Bonchev–Trinajstić information content (AvgIpc) is 2.74. The first-order chi connectivity index (χ1) is 14.0. The molecule has 0 spiro atoms. The maximum Gasteiger partial charge on any atom is 0.244 e. The van der Waals surface area contributed by atoms with E-state index in [0.29, 0.717) is 25.1 Å². The zero-order valence-corrected chi connectivity index (χ0v) is 20.6. The molecule has 3 rings (SSSR count). The van der Waals surface area contributed by atoms with Crippen LogP contribution in [0.15, 0.2) is 29.3 Å². The molecule has 168 valence electrons. The molecule has 1 saturated carbocycles. The number of halogens is 2. The van der Waals surface area contributed by atoms with Gasteiger partial charge in [0.1, 0.15) is 6.54 Å². The Balaban J connectivity index is 0.00000320. The number of nitrogens with one attached hydrogen (secondary N) is 2. The Labute approximate surface area is 201 Å². The molecule has 1 aromatic carbocycles. The molecule has 0 atom stereocenters. The van der Waals surface area contributed by atoms with Gasteiger partial charge in [-0.15, -0.1) is 24.0 Å². The number of aliphatic imine (C=N–C) groups is 1. The maximum atomic E-state index is 12.6. The van der Waals surface area contributed by atoms with Crippen LogP contribution in [0, 0.1) is 0 Å². The van der Waals surface area contributed by atoms with Gasteiger partial charge in [-0.2, -0.15) is 0 Å². The van der Waals surface area contributed by atoms with E-state index in [0.717, 1.165) is 56.0 Å². The average molecular weight is 550 g/mol. The van der Waals surface area contributed by atoms with Crippen LogP contribution in [0.5, 0.6) is 0 Å². The van der Waals surface area contributed by atoms with E-state index < -0.39 is 0 Å². The van der Waals surface area contributed by atoms with Crippen LogP contribution in [0.4, 0.5) is 5.69 Å². The molecule has 1 aromatic rings. The normalized spacial score (nSPS) is 22.3. The lowest BCUT2D eigenvalue weighted by molar-refractivity contribution is -0.129. The number of nitrogens with zero attached hydrogens (tertiary/aromatic N) is 3. The lowest BCUT2D eigenvalue weighted by Gasteiger charge is -2.36. The number of carbonyl (C=O) groups excluding carboxylic acids is 1. The second-order valence-electron chi connectivity index (χ2n) is 7.69. The van der Waals surface area contributed by atoms with Gasteiger partial charge in [0.05, 0.1) is 6.10 Å². The van der Waals surface area contributed by atoms with Gasteiger partial charge in [0.25, 0.3) is 0 Å². The molecule has 1 saturated heterocycles. The van der Waals surface area contributed by atoms with E-state index in [1.54, 1.807) is 0 Å². The lowest BCUT2D eigenvalue weighted by Crippen LogP contribution is -2.50. The summed E-state index contributed by atoms with van der Waals surface area (Å²) in [5.41, 5.74) is 1.13. The van der Waals surface area contributed by atoms with Crippen molar-refractivity contribution in [2.75, 3.05) is 44.2 Å². The van der Waals surface area contributed by atoms with E-state index in [1.165, 1.54) is 0 Å². The molecule has 3 N–H and O–H groups in total. The SMILES string of the molecule is CCNC(=NCC(=O)N1CCN(c2ccc(Cl)cc2)CC1)NC1CCC(O)CC1.I. The summed E-state index contributed by atoms with van der Waals surface area (Å²) in [5, 5.41) is 17.0. The van der Waals surface area contributed by atoms with Crippen LogP contribution in [0.3, 0.4) is 0 Å². The van der Waals surface area contributed by atoms with Crippen LogP contribution < -0.4 is 15.5 Å². The zero-order chi connectivity index (χ0) is 20.6. The minimum atomic E-state index is -0.180. The second-order valence-corrected chi connectivity index (χ2v) is 8.13. The Hall–Kier alpha value is -1.26. The van der Waals surface area contributed by atoms with Crippen LogP contribution in [-0.4, -0.2) is 73.3 Å². The molecule has 1 heterocycles. The molecule has 30 heavy (non-hydrogen) atoms. The van der Waals surface area contributed by atoms with Crippen molar-refractivity contribution >= 4 is 53.1 Å². The number of carbonyl (C=O) groups is 1. The van der Waals surface area contributed by atoms with Gasteiger partial charge in [-0.05, 0) is 56.9 Å². The Morgan fingerprint density at radius 3 is 2.37 bits per heavy atom. The predicted octanol–water partition coefficient (Wildman–Crippen LogP) is 2.47. The van der Waals surface area contributed by atoms with Crippen molar-refractivity contribution in [2.45, 2.75) is 44.8 Å². The third-order valence-corrected chi connectivity index (χ3v) is 5.83. The summed E-state index contributed by atoms with van der Waals surface area (Å²) in [4.78, 5) is 21.3. The van der Waals surface area contributed by atoms with Crippen molar-refractivity contribution in [1.82, 2.24) is 15.5 Å². The number of hydrogen-bond donors (Lipinski definition) is 3. The number of hydrogen-bond acceptors (Lipinski definition) is 4. The van der Waals surface area contributed by atoms with Gasteiger partial charge in [-0.1, -0.05) is 11.6 Å². The van der Waals surface area contributed by atoms with Crippen LogP contribution in [-0.2, 0) is 4.79 Å². The molecule has 0 aromatic heterocycles. The molecule has 9 heteroatoms. The minimum absolute atomic E-state index is 0. The summed E-state index contributed by atoms with van der Waals surface area (Å²) in [6, 6.07) is 8.12. The smallest absolute Gasteiger partial charge is 0.244 e. The number of piperazine rings is 1. The number of aliphatic hydroxyl groups is 1. The van der Waals surface area contributed by atoms with Gasteiger partial charge in [0, 0.05) is 49.5 Å². The number of rotatable bonds is 5. The molecule has 1 aliphatic carbocycles. The zero-order valence-electron chi connectivity index (χ0n) is 17.5. The molecule has 2 aliphatic rings. The molecule has 7 nitrogen and oxygen atoms in total. The third-order valence-electron chi connectivity index (χ3n) is 5.58. The predicted molar refractivity (Wildman–Crippen MR) is 133 cm³/mol. The summed E-state index contributed by atoms with van der Waals surface area (Å²) in [5.74, 6) is 0.735. The monoisotopic (exact) mass is 549 g/mol. The molecule has 1 aliphatic heterocycles. The van der Waals surface area contributed by atoms with Gasteiger partial charge in [0.15, 0.2) is 5.96 Å². The van der Waals surface area contributed by atoms with Gasteiger partial charge in [0.2, 0.25) is 5.91 Å². The van der Waals surface area contributed by atoms with Gasteiger partial charge < -0.3 is 25.5 Å². The first kappa shape index (κ1) is 25.0. The highest BCUT2D eigenvalue weighted by Gasteiger charge is 2.22. The van der Waals surface area contributed by atoms with Crippen molar-refractivity contribution in [3.05, 3.63) is 29.3 Å². The summed E-state index contributed by atoms with van der Waals surface area (Å²) >= 11 is 5.96. The van der Waals surface area contributed by atoms with Crippen LogP contribution in [0.25, 0.3) is 0 Å². The fourth-order valence-corrected chi connectivity index (χ4v) is 3.97. The number of anilines is 1. The van der Waals surface area contributed by atoms with E-state index in [2.05, 4.69) is 20.5 Å². The second kappa shape index (κ2) is 12.6. The first-order valence-electron chi connectivity index (χ1n) is 10.6. The Morgan fingerprint density at radius 1 is 1.13 bits per heavy atom. The fraction of sp³-hybridized carbons (Fsp3) is 0.619. The first-order valence-corrected chi connectivity index (χ1v) is 10.9. The maximum absolute atomic E-state index is 12.6. The van der Waals surface area contributed by atoms with E-state index in [4.69, 9.17) is 11.6 Å². The number of amides is 1. The molecule has 2 fully saturated rings. The van der Waals surface area contributed by atoms with Crippen molar-refractivity contribution in [2.24, 2.45) is 4.99 Å². The van der Waals surface area contributed by atoms with E-state index in [9.17, 15) is 9.90 Å². The number of aliphatic hydroxyl groups excluding tert-OH is 1. The van der Waals surface area contributed by atoms with Crippen molar-refractivity contribution < 1.29 is 9.90 Å². The minimum Gasteiger partial charge on any atom is -0.393 e. The Kier molecular flexibility index (Phi) is 10.5. The molecule has 0 bridgehead atoms. The molecule has 0 radical (unpaired) electrons. The number of guanidine groups is 1. The summed E-state index contributed by atoms with van der Waals surface area (Å²) in [6.45, 7) is 5.91. The lowest BCUT2D eigenvalue weighted by atomic mass is 9.93. The van der Waals surface area contributed by atoms with Crippen molar-refractivity contribution in [1.29, 1.82) is 0 Å². The molecule has 0 unspecified atom stereocenters. The highest BCUT2D eigenvalue weighted by atomic mass is 127. The Morgan fingerprint density at radius 2 is 1.77 bits per heavy atom. The standard InChI is InChI=1S/C21H32ClN5O2.HI/c1-2-23-21(25-17-5-9-19(28)10-6-17)24-15-20(29)27-13-11-26(12-14-27)18-7-3-16(22)4-8-18;/h3-4,7-8,17,19,28H,2,5-6,9-15H2,1H3,(H2,23,24,25);1H. The molecular formula is C21H33ClIN5O2. The summed E-state index contributed by atoms with van der Waals surface area (Å²) in [6.07, 6.45) is 3.29. The summed E-state index contributed by atoms with van der Waals surface area (Å²) in [7, 11) is 0. The van der Waals surface area contributed by atoms with Crippen molar-refractivity contribution in [3.63, 3.8) is 0 Å². The van der Waals surface area contributed by atoms with Gasteiger partial charge in [-0.25, -0.2) is 4.99 Å². The fourth-order valence-electron chi connectivity index (χ4n) is 3.85. The van der Waals surface area contributed by atoms with Crippen LogP contribution in [0.2, 0.25) is 5.02 Å². The Bertz CT molecular complexity index is 687. The third kappa shape index (κ3) is 7.46. The quantitative estimate of drug-likeness (QED) is 0.299. The van der Waals surface area contributed by atoms with E-state index in [-0.39, 0.29) is 42.5 Å². The highest BCUT2D eigenvalue weighted by molar-refractivity contribution is 14.0. The van der Waals surface area contributed by atoms with E-state index >= 15 is 0 Å². The van der Waals surface area contributed by atoms with E-state index in [1.807, 2.05) is 36.1 Å². The number of benzene rings is 1. The summed E-state index contributed by atoms with van der Waals surface area (Å²) < 4.78 is 0.